The number of carbonyl (C=O) groups excluding carboxylic acids is 2. The molecule has 1 aromatic heterocycles. The average molecular weight is 616 g/mol. The van der Waals surface area contributed by atoms with Gasteiger partial charge >= 0.3 is 12.7 Å². The molecule has 2 aromatic rings. The standard InChI is InChI=1S/C27H34Cl2F2N6O4/c1-16(18-8-7-17(28)14-19(18)29)33-22-21(40-24(30)31)15-32-25(34-22)36-12-10-35(11-13-36)23(38)20-6-5-9-37(20)26(39)41-27(2,3)4/h7-8,14-16,20,24H,5-6,9-13H2,1-4H3,(H,32,33,34)/t16-,20-/m1/s1. The van der Waals surface area contributed by atoms with Crippen LogP contribution in [0.5, 0.6) is 5.75 Å². The van der Waals surface area contributed by atoms with Gasteiger partial charge in [-0.1, -0.05) is 29.3 Å². The molecular formula is C27H34Cl2F2N6O4. The van der Waals surface area contributed by atoms with Crippen molar-refractivity contribution >= 4 is 47.0 Å². The number of benzene rings is 1. The first-order chi connectivity index (χ1) is 19.3. The summed E-state index contributed by atoms with van der Waals surface area (Å²) in [5, 5.41) is 3.98. The molecule has 0 radical (unpaired) electrons. The number of likely N-dealkylation sites (tertiary alicyclic amines) is 1. The number of piperazine rings is 1. The van der Waals surface area contributed by atoms with E-state index >= 15 is 0 Å². The molecule has 2 fully saturated rings. The predicted molar refractivity (Wildman–Crippen MR) is 152 cm³/mol. The molecule has 14 heteroatoms. The van der Waals surface area contributed by atoms with Crippen LogP contribution in [-0.4, -0.2) is 82.7 Å². The van der Waals surface area contributed by atoms with Crippen molar-refractivity contribution in [3.63, 3.8) is 0 Å². The number of nitrogens with one attached hydrogen (secondary N) is 1. The maximum Gasteiger partial charge on any atom is 0.410 e. The summed E-state index contributed by atoms with van der Waals surface area (Å²) in [4.78, 5) is 39.8. The lowest BCUT2D eigenvalue weighted by atomic mass is 10.1. The number of alkyl halides is 2. The molecule has 2 atom stereocenters. The fourth-order valence-electron chi connectivity index (χ4n) is 4.84. The van der Waals surface area contributed by atoms with Crippen molar-refractivity contribution in [1.29, 1.82) is 0 Å². The molecule has 10 nitrogen and oxygen atoms in total. The molecule has 0 saturated carbocycles. The van der Waals surface area contributed by atoms with Crippen molar-refractivity contribution in [2.45, 2.75) is 64.8 Å². The normalized spacial score (nSPS) is 18.5. The molecule has 41 heavy (non-hydrogen) atoms. The Balaban J connectivity index is 1.44. The van der Waals surface area contributed by atoms with Crippen LogP contribution in [0.4, 0.5) is 25.3 Å². The van der Waals surface area contributed by atoms with Crippen LogP contribution < -0.4 is 15.0 Å². The second-order valence-electron chi connectivity index (χ2n) is 10.9. The van der Waals surface area contributed by atoms with Gasteiger partial charge in [-0.15, -0.1) is 0 Å². The Morgan fingerprint density at radius 3 is 2.46 bits per heavy atom. The van der Waals surface area contributed by atoms with E-state index in [4.69, 9.17) is 27.9 Å². The molecule has 4 rings (SSSR count). The fraction of sp³-hybridized carbons (Fsp3) is 0.556. The van der Waals surface area contributed by atoms with Crippen LogP contribution in [0.25, 0.3) is 0 Å². The summed E-state index contributed by atoms with van der Waals surface area (Å²) in [6.07, 6.45) is 2.02. The van der Waals surface area contributed by atoms with Gasteiger partial charge in [0.15, 0.2) is 11.6 Å². The molecular weight excluding hydrogens is 581 g/mol. The number of ether oxygens (including phenoxy) is 2. The molecule has 2 amide bonds. The highest BCUT2D eigenvalue weighted by Crippen LogP contribution is 2.33. The van der Waals surface area contributed by atoms with Gasteiger partial charge in [-0.05, 0) is 58.2 Å². The van der Waals surface area contributed by atoms with Gasteiger partial charge in [-0.25, -0.2) is 9.78 Å². The molecule has 1 N–H and O–H groups in total. The van der Waals surface area contributed by atoms with Crippen molar-refractivity contribution in [2.75, 3.05) is 42.9 Å². The summed E-state index contributed by atoms with van der Waals surface area (Å²) < 4.78 is 36.4. The predicted octanol–water partition coefficient (Wildman–Crippen LogP) is 5.61. The van der Waals surface area contributed by atoms with E-state index < -0.39 is 30.4 Å². The highest BCUT2D eigenvalue weighted by molar-refractivity contribution is 6.35. The largest absolute Gasteiger partial charge is 0.444 e. The first-order valence-corrected chi connectivity index (χ1v) is 14.1. The lowest BCUT2D eigenvalue weighted by Gasteiger charge is -2.37. The quantitative estimate of drug-likeness (QED) is 0.430. The van der Waals surface area contributed by atoms with Crippen molar-refractivity contribution in [2.24, 2.45) is 0 Å². The van der Waals surface area contributed by atoms with E-state index in [9.17, 15) is 18.4 Å². The first-order valence-electron chi connectivity index (χ1n) is 13.4. The Morgan fingerprint density at radius 2 is 1.83 bits per heavy atom. The molecule has 0 bridgehead atoms. The first kappa shape index (κ1) is 30.8. The number of amides is 2. The fourth-order valence-corrected chi connectivity index (χ4v) is 5.41. The topological polar surface area (TPSA) is 100 Å². The summed E-state index contributed by atoms with van der Waals surface area (Å²) in [5.74, 6) is 0.0433. The molecule has 3 heterocycles. The number of anilines is 2. The molecule has 0 spiro atoms. The van der Waals surface area contributed by atoms with Gasteiger partial charge in [0.05, 0.1) is 12.2 Å². The zero-order valence-corrected chi connectivity index (χ0v) is 24.9. The lowest BCUT2D eigenvalue weighted by Crippen LogP contribution is -2.55. The van der Waals surface area contributed by atoms with Gasteiger partial charge in [-0.2, -0.15) is 13.8 Å². The van der Waals surface area contributed by atoms with Gasteiger partial charge in [0.1, 0.15) is 11.6 Å². The van der Waals surface area contributed by atoms with Gasteiger partial charge < -0.3 is 24.6 Å². The number of rotatable bonds is 7. The number of halogens is 4. The van der Waals surface area contributed by atoms with E-state index in [1.165, 1.54) is 11.1 Å². The van der Waals surface area contributed by atoms with Crippen molar-refractivity contribution in [3.8, 4) is 5.75 Å². The van der Waals surface area contributed by atoms with E-state index in [0.29, 0.717) is 60.7 Å². The lowest BCUT2D eigenvalue weighted by molar-refractivity contribution is -0.136. The molecule has 0 aliphatic carbocycles. The monoisotopic (exact) mass is 614 g/mol. The molecule has 1 aromatic carbocycles. The van der Waals surface area contributed by atoms with Gasteiger partial charge in [0.2, 0.25) is 11.9 Å². The Bertz CT molecular complexity index is 1260. The number of aromatic nitrogens is 2. The van der Waals surface area contributed by atoms with Crippen LogP contribution in [0.15, 0.2) is 24.4 Å². The van der Waals surface area contributed by atoms with Crippen LogP contribution in [0.3, 0.4) is 0 Å². The Hall–Kier alpha value is -3.12. The zero-order chi connectivity index (χ0) is 29.9. The van der Waals surface area contributed by atoms with Crippen molar-refractivity contribution in [3.05, 3.63) is 40.0 Å². The Morgan fingerprint density at radius 1 is 1.12 bits per heavy atom. The van der Waals surface area contributed by atoms with Crippen LogP contribution in [0.1, 0.15) is 52.1 Å². The summed E-state index contributed by atoms with van der Waals surface area (Å²) in [7, 11) is 0. The Kier molecular flexibility index (Phi) is 9.63. The minimum Gasteiger partial charge on any atom is -0.444 e. The number of hydrogen-bond donors (Lipinski definition) is 1. The molecule has 2 saturated heterocycles. The van der Waals surface area contributed by atoms with Crippen LogP contribution in [0.2, 0.25) is 10.0 Å². The highest BCUT2D eigenvalue weighted by atomic mass is 35.5. The Labute approximate surface area is 247 Å². The van der Waals surface area contributed by atoms with Crippen LogP contribution >= 0.6 is 23.2 Å². The van der Waals surface area contributed by atoms with E-state index in [-0.39, 0.29) is 17.5 Å². The van der Waals surface area contributed by atoms with E-state index in [0.717, 1.165) is 6.42 Å². The molecule has 2 aliphatic rings. The SMILES string of the molecule is C[C@@H](Nc1nc(N2CCN(C(=O)[C@H]3CCCN3C(=O)OC(C)(C)C)CC2)ncc1OC(F)F)c1ccc(Cl)cc1Cl. The van der Waals surface area contributed by atoms with Gasteiger partial charge in [-0.3, -0.25) is 9.69 Å². The van der Waals surface area contributed by atoms with Gasteiger partial charge in [0, 0.05) is 42.8 Å². The number of nitrogens with zero attached hydrogens (tertiary/aromatic N) is 5. The molecule has 224 valence electrons. The van der Waals surface area contributed by atoms with E-state index in [2.05, 4.69) is 20.0 Å². The second-order valence-corrected chi connectivity index (χ2v) is 11.8. The summed E-state index contributed by atoms with van der Waals surface area (Å²) in [6, 6.07) is 4.04. The smallest absolute Gasteiger partial charge is 0.410 e. The third kappa shape index (κ3) is 7.79. The zero-order valence-electron chi connectivity index (χ0n) is 23.4. The van der Waals surface area contributed by atoms with Crippen molar-refractivity contribution < 1.29 is 27.8 Å². The minimum atomic E-state index is -3.06. The molecule has 2 aliphatic heterocycles. The summed E-state index contributed by atoms with van der Waals surface area (Å²) >= 11 is 12.3. The number of carbonyl (C=O) groups is 2. The van der Waals surface area contributed by atoms with Crippen LogP contribution in [0, 0.1) is 0 Å². The third-order valence-electron chi connectivity index (χ3n) is 6.78. The van der Waals surface area contributed by atoms with Crippen molar-refractivity contribution in [1.82, 2.24) is 19.8 Å². The maximum atomic E-state index is 13.3. The maximum absolute atomic E-state index is 13.3. The highest BCUT2D eigenvalue weighted by Gasteiger charge is 2.39. The van der Waals surface area contributed by atoms with E-state index in [1.807, 2.05) is 4.90 Å². The number of hydrogen-bond acceptors (Lipinski definition) is 8. The summed E-state index contributed by atoms with van der Waals surface area (Å²) in [5.41, 5.74) is 0.0418. The summed E-state index contributed by atoms with van der Waals surface area (Å²) in [6.45, 7) is 6.18. The van der Waals surface area contributed by atoms with Gasteiger partial charge in [0.25, 0.3) is 0 Å². The molecule has 0 unspecified atom stereocenters. The third-order valence-corrected chi connectivity index (χ3v) is 7.34. The van der Waals surface area contributed by atoms with Crippen LogP contribution in [-0.2, 0) is 9.53 Å². The van der Waals surface area contributed by atoms with E-state index in [1.54, 1.807) is 50.8 Å². The minimum absolute atomic E-state index is 0.0753. The average Bonchev–Trinajstić information content (AvgIpc) is 3.38. The second kappa shape index (κ2) is 12.8.